The van der Waals surface area contributed by atoms with Crippen molar-refractivity contribution in [2.75, 3.05) is 13.2 Å². The summed E-state index contributed by atoms with van der Waals surface area (Å²) in [5.41, 5.74) is 0. The van der Waals surface area contributed by atoms with Gasteiger partial charge < -0.3 is 10.1 Å². The Labute approximate surface area is 116 Å². The molecule has 1 fully saturated rings. The van der Waals surface area contributed by atoms with Gasteiger partial charge in [0, 0.05) is 5.92 Å². The summed E-state index contributed by atoms with van der Waals surface area (Å²) in [6, 6.07) is 0. The smallest absolute Gasteiger partial charge is 0.325 e. The highest BCUT2D eigenvalue weighted by Gasteiger charge is 2.35. The largest absolute Gasteiger partial charge is 0.465 e. The first-order valence-electron chi connectivity index (χ1n) is 7.39. The van der Waals surface area contributed by atoms with Crippen molar-refractivity contribution in [3.8, 4) is 0 Å². The number of hydrogen-bond acceptors (Lipinski definition) is 3. The molecule has 4 heteroatoms. The molecule has 4 nitrogen and oxygen atoms in total. The van der Waals surface area contributed by atoms with Crippen molar-refractivity contribution in [1.29, 1.82) is 0 Å². The van der Waals surface area contributed by atoms with E-state index in [0.29, 0.717) is 24.4 Å². The van der Waals surface area contributed by atoms with E-state index in [1.165, 1.54) is 6.42 Å². The Morgan fingerprint density at radius 2 is 2.00 bits per heavy atom. The number of rotatable bonds is 5. The fourth-order valence-corrected chi connectivity index (χ4v) is 3.01. The van der Waals surface area contributed by atoms with Gasteiger partial charge in [-0.05, 0) is 37.5 Å². The van der Waals surface area contributed by atoms with Gasteiger partial charge in [-0.15, -0.1) is 0 Å². The Kier molecular flexibility index (Phi) is 6.32. The van der Waals surface area contributed by atoms with Crippen LogP contribution in [0, 0.1) is 23.7 Å². The van der Waals surface area contributed by atoms with E-state index in [-0.39, 0.29) is 24.3 Å². The van der Waals surface area contributed by atoms with Crippen LogP contribution in [0.2, 0.25) is 0 Å². The van der Waals surface area contributed by atoms with Crippen LogP contribution in [0.25, 0.3) is 0 Å². The van der Waals surface area contributed by atoms with Gasteiger partial charge in [0.05, 0.1) is 6.61 Å². The van der Waals surface area contributed by atoms with Crippen molar-refractivity contribution in [3.05, 3.63) is 0 Å². The maximum Gasteiger partial charge on any atom is 0.325 e. The fourth-order valence-electron chi connectivity index (χ4n) is 3.01. The average Bonchev–Trinajstić information content (AvgIpc) is 2.35. The highest BCUT2D eigenvalue weighted by Crippen LogP contribution is 2.37. The van der Waals surface area contributed by atoms with Gasteiger partial charge in [0.25, 0.3) is 0 Å². The first-order chi connectivity index (χ1) is 8.95. The van der Waals surface area contributed by atoms with E-state index >= 15 is 0 Å². The van der Waals surface area contributed by atoms with Crippen molar-refractivity contribution in [2.45, 2.75) is 47.0 Å². The molecule has 1 aliphatic carbocycles. The molecule has 19 heavy (non-hydrogen) atoms. The van der Waals surface area contributed by atoms with Crippen LogP contribution in [-0.2, 0) is 14.3 Å². The maximum absolute atomic E-state index is 12.2. The van der Waals surface area contributed by atoms with Crippen LogP contribution < -0.4 is 5.32 Å². The van der Waals surface area contributed by atoms with E-state index in [1.807, 2.05) is 0 Å². The van der Waals surface area contributed by atoms with E-state index in [2.05, 4.69) is 26.1 Å². The van der Waals surface area contributed by atoms with Gasteiger partial charge in [-0.3, -0.25) is 9.59 Å². The highest BCUT2D eigenvalue weighted by molar-refractivity contribution is 5.83. The zero-order chi connectivity index (χ0) is 14.4. The Balaban J connectivity index is 2.53. The third-order valence-corrected chi connectivity index (χ3v) is 4.07. The third-order valence-electron chi connectivity index (χ3n) is 4.07. The van der Waals surface area contributed by atoms with Crippen LogP contribution in [0.5, 0.6) is 0 Å². The molecular formula is C15H27NO3. The maximum atomic E-state index is 12.2. The van der Waals surface area contributed by atoms with Crippen molar-refractivity contribution in [2.24, 2.45) is 23.7 Å². The van der Waals surface area contributed by atoms with Crippen LogP contribution in [-0.4, -0.2) is 25.0 Å². The Hall–Kier alpha value is -1.06. The summed E-state index contributed by atoms with van der Waals surface area (Å²) in [6.45, 7) is 8.64. The first-order valence-corrected chi connectivity index (χ1v) is 7.39. The van der Waals surface area contributed by atoms with Gasteiger partial charge in [0.2, 0.25) is 5.91 Å². The van der Waals surface area contributed by atoms with Crippen LogP contribution in [0.3, 0.4) is 0 Å². The van der Waals surface area contributed by atoms with Gasteiger partial charge in [-0.1, -0.05) is 27.2 Å². The number of amides is 1. The van der Waals surface area contributed by atoms with E-state index in [9.17, 15) is 9.59 Å². The minimum absolute atomic E-state index is 0.0115. The molecule has 1 saturated carbocycles. The van der Waals surface area contributed by atoms with Crippen LogP contribution in [0.15, 0.2) is 0 Å². The molecule has 1 amide bonds. The molecule has 1 rings (SSSR count). The van der Waals surface area contributed by atoms with E-state index in [0.717, 1.165) is 12.8 Å². The summed E-state index contributed by atoms with van der Waals surface area (Å²) in [5.74, 6) is 1.22. The summed E-state index contributed by atoms with van der Waals surface area (Å²) in [7, 11) is 0. The molecule has 0 aliphatic heterocycles. The molecule has 1 aliphatic rings. The quantitative estimate of drug-likeness (QED) is 0.780. The van der Waals surface area contributed by atoms with Gasteiger partial charge in [0.1, 0.15) is 6.54 Å². The Bertz CT molecular complexity index is 315. The third kappa shape index (κ3) is 4.84. The standard InChI is InChI=1S/C15H27NO3/c1-5-19-14(17)9-16-15(18)13-8-11(4)6-7-12(13)10(2)3/h10-13H,5-9H2,1-4H3,(H,16,18). The van der Waals surface area contributed by atoms with E-state index in [1.54, 1.807) is 6.92 Å². The first kappa shape index (κ1) is 16.0. The lowest BCUT2D eigenvalue weighted by molar-refractivity contribution is -0.144. The summed E-state index contributed by atoms with van der Waals surface area (Å²) < 4.78 is 4.82. The second kappa shape index (κ2) is 7.51. The Morgan fingerprint density at radius 1 is 1.32 bits per heavy atom. The van der Waals surface area contributed by atoms with Gasteiger partial charge >= 0.3 is 5.97 Å². The summed E-state index contributed by atoms with van der Waals surface area (Å²) >= 11 is 0. The number of hydrogen-bond donors (Lipinski definition) is 1. The lowest BCUT2D eigenvalue weighted by atomic mass is 9.70. The number of ether oxygens (including phenoxy) is 1. The van der Waals surface area contributed by atoms with Gasteiger partial charge in [-0.25, -0.2) is 0 Å². The zero-order valence-electron chi connectivity index (χ0n) is 12.6. The number of carbonyl (C=O) groups excluding carboxylic acids is 2. The van der Waals surface area contributed by atoms with Gasteiger partial charge in [-0.2, -0.15) is 0 Å². The molecule has 0 aromatic heterocycles. The van der Waals surface area contributed by atoms with Crippen LogP contribution in [0.1, 0.15) is 47.0 Å². The lowest BCUT2D eigenvalue weighted by Crippen LogP contribution is -2.42. The monoisotopic (exact) mass is 269 g/mol. The number of nitrogens with one attached hydrogen (secondary N) is 1. The molecule has 0 aromatic carbocycles. The molecule has 0 aromatic rings. The number of esters is 1. The van der Waals surface area contributed by atoms with E-state index in [4.69, 9.17) is 4.74 Å². The van der Waals surface area contributed by atoms with Crippen molar-refractivity contribution < 1.29 is 14.3 Å². The van der Waals surface area contributed by atoms with Gasteiger partial charge in [0.15, 0.2) is 0 Å². The molecule has 3 unspecified atom stereocenters. The normalized spacial score (nSPS) is 27.1. The SMILES string of the molecule is CCOC(=O)CNC(=O)C1CC(C)CCC1C(C)C. The molecule has 3 atom stereocenters. The molecule has 0 saturated heterocycles. The molecule has 0 spiro atoms. The fraction of sp³-hybridized carbons (Fsp3) is 0.867. The zero-order valence-corrected chi connectivity index (χ0v) is 12.6. The summed E-state index contributed by atoms with van der Waals surface area (Å²) in [5, 5.41) is 2.73. The highest BCUT2D eigenvalue weighted by atomic mass is 16.5. The minimum atomic E-state index is -0.360. The minimum Gasteiger partial charge on any atom is -0.465 e. The topological polar surface area (TPSA) is 55.4 Å². The number of carbonyl (C=O) groups is 2. The van der Waals surface area contributed by atoms with Crippen LogP contribution >= 0.6 is 0 Å². The van der Waals surface area contributed by atoms with E-state index < -0.39 is 0 Å². The molecule has 0 radical (unpaired) electrons. The predicted octanol–water partition coefficient (Wildman–Crippen LogP) is 2.37. The summed E-state index contributed by atoms with van der Waals surface area (Å²) in [6.07, 6.45) is 3.23. The van der Waals surface area contributed by atoms with Crippen molar-refractivity contribution in [1.82, 2.24) is 5.32 Å². The molecule has 1 N–H and O–H groups in total. The average molecular weight is 269 g/mol. The molecule has 0 heterocycles. The van der Waals surface area contributed by atoms with Crippen LogP contribution in [0.4, 0.5) is 0 Å². The molecule has 110 valence electrons. The Morgan fingerprint density at radius 3 is 2.58 bits per heavy atom. The predicted molar refractivity (Wildman–Crippen MR) is 74.5 cm³/mol. The van der Waals surface area contributed by atoms with Crippen molar-refractivity contribution in [3.63, 3.8) is 0 Å². The van der Waals surface area contributed by atoms with Crippen molar-refractivity contribution >= 4 is 11.9 Å². The second-order valence-electron chi connectivity index (χ2n) is 5.96. The molecule has 0 bridgehead atoms. The molecular weight excluding hydrogens is 242 g/mol. The lowest BCUT2D eigenvalue weighted by Gasteiger charge is -2.36. The second-order valence-corrected chi connectivity index (χ2v) is 5.96. The summed E-state index contributed by atoms with van der Waals surface area (Å²) in [4.78, 5) is 23.5.